The molecule has 0 unspecified atom stereocenters. The maximum atomic E-state index is 5.91. The summed E-state index contributed by atoms with van der Waals surface area (Å²) in [6, 6.07) is 0. The van der Waals surface area contributed by atoms with Crippen LogP contribution in [0.2, 0.25) is 0 Å². The third-order valence-corrected chi connectivity index (χ3v) is 9.12. The van der Waals surface area contributed by atoms with Gasteiger partial charge in [-0.1, -0.05) is 0 Å². The molecule has 11 heavy (non-hydrogen) atoms. The van der Waals surface area contributed by atoms with Crippen LogP contribution in [0.15, 0.2) is 0 Å². The molecule has 0 aliphatic heterocycles. The van der Waals surface area contributed by atoms with E-state index >= 15 is 0 Å². The van der Waals surface area contributed by atoms with Gasteiger partial charge in [0.15, 0.2) is 3.10 Å². The number of halogens is 4. The minimum absolute atomic E-state index is 0.150. The van der Waals surface area contributed by atoms with Crippen molar-refractivity contribution in [3.63, 3.8) is 0 Å². The van der Waals surface area contributed by atoms with E-state index in [9.17, 15) is 0 Å². The highest BCUT2D eigenvalue weighted by Gasteiger charge is 2.40. The lowest BCUT2D eigenvalue weighted by Crippen LogP contribution is -2.53. The minimum Gasteiger partial charge on any atom is -0.329 e. The van der Waals surface area contributed by atoms with E-state index in [1.807, 2.05) is 0 Å². The Bertz CT molecular complexity index is 121. The zero-order chi connectivity index (χ0) is 9.12. The summed E-state index contributed by atoms with van der Waals surface area (Å²) in [6.07, 6.45) is 0. The second-order valence-corrected chi connectivity index (χ2v) is 12.7. The third kappa shape index (κ3) is 5.29. The van der Waals surface area contributed by atoms with E-state index in [0.717, 1.165) is 6.54 Å². The molecule has 0 saturated heterocycles. The highest BCUT2D eigenvalue weighted by atomic mass is 127. The number of nitrogens with one attached hydrogen (secondary N) is 1. The monoisotopic (exact) mass is 607 g/mol. The van der Waals surface area contributed by atoms with E-state index in [1.54, 1.807) is 0 Å². The standard InChI is InChI=1S/C4H9I4N3/c5-3(6,10)4(7,8)11-2-1-9/h11H,1-2,9-10H2. The molecule has 0 aromatic heterocycles. The Morgan fingerprint density at radius 1 is 1.18 bits per heavy atom. The topological polar surface area (TPSA) is 64.1 Å². The maximum Gasteiger partial charge on any atom is 0.159 e. The van der Waals surface area contributed by atoms with Crippen LogP contribution in [-0.2, 0) is 0 Å². The SMILES string of the molecule is NCCNC(I)(I)C(N)(I)I. The zero-order valence-electron chi connectivity index (χ0n) is 5.58. The molecule has 0 heterocycles. The molecule has 0 aromatic carbocycles. The summed E-state index contributed by atoms with van der Waals surface area (Å²) in [4.78, 5) is 0. The van der Waals surface area contributed by atoms with Crippen molar-refractivity contribution in [2.24, 2.45) is 11.5 Å². The van der Waals surface area contributed by atoms with Gasteiger partial charge in [-0.2, -0.15) is 0 Å². The smallest absolute Gasteiger partial charge is 0.159 e. The fourth-order valence-electron chi connectivity index (χ4n) is 0.347. The normalized spacial score (nSPS) is 13.6. The molecule has 0 amide bonds. The lowest BCUT2D eigenvalue weighted by atomic mass is 10.6. The van der Waals surface area contributed by atoms with Crippen molar-refractivity contribution in [3.8, 4) is 0 Å². The summed E-state index contributed by atoms with van der Waals surface area (Å²) in [5.74, 6) is 0. The zero-order valence-corrected chi connectivity index (χ0v) is 14.2. The molecule has 0 fully saturated rings. The van der Waals surface area contributed by atoms with Crippen molar-refractivity contribution in [2.75, 3.05) is 13.1 Å². The number of rotatable bonds is 4. The molecule has 0 atom stereocenters. The van der Waals surface area contributed by atoms with Crippen LogP contribution in [-0.4, -0.2) is 16.2 Å². The van der Waals surface area contributed by atoms with Crippen LogP contribution >= 0.6 is 90.4 Å². The fourth-order valence-corrected chi connectivity index (χ4v) is 1.27. The van der Waals surface area contributed by atoms with E-state index in [4.69, 9.17) is 11.5 Å². The lowest BCUT2D eigenvalue weighted by Gasteiger charge is -2.32. The number of hydrogen-bond acceptors (Lipinski definition) is 3. The molecule has 0 bridgehead atoms. The average molecular weight is 607 g/mol. The molecule has 7 heteroatoms. The van der Waals surface area contributed by atoms with E-state index < -0.39 is 0 Å². The molecule has 3 nitrogen and oxygen atoms in total. The first-order valence-electron chi connectivity index (χ1n) is 2.81. The fraction of sp³-hybridized carbons (Fsp3) is 1.00. The summed E-state index contributed by atoms with van der Waals surface area (Å²) in [7, 11) is 0. The summed E-state index contributed by atoms with van der Waals surface area (Å²) >= 11 is 8.98. The summed E-state index contributed by atoms with van der Waals surface area (Å²) in [5.41, 5.74) is 11.3. The van der Waals surface area contributed by atoms with Gasteiger partial charge in [-0.05, 0) is 90.4 Å². The van der Waals surface area contributed by atoms with Crippen molar-refractivity contribution in [1.82, 2.24) is 5.32 Å². The number of alkyl halides is 4. The van der Waals surface area contributed by atoms with Crippen molar-refractivity contribution < 1.29 is 0 Å². The Hall–Kier alpha value is 2.80. The molecule has 0 spiro atoms. The second-order valence-electron chi connectivity index (χ2n) is 1.91. The van der Waals surface area contributed by atoms with Gasteiger partial charge in [-0.25, -0.2) is 0 Å². The molecule has 0 aromatic rings. The molecule has 0 aliphatic carbocycles. The molecule has 0 rings (SSSR count). The molecular weight excluding hydrogens is 598 g/mol. The predicted molar refractivity (Wildman–Crippen MR) is 82.8 cm³/mol. The van der Waals surface area contributed by atoms with Crippen LogP contribution in [0, 0.1) is 0 Å². The van der Waals surface area contributed by atoms with Crippen LogP contribution < -0.4 is 16.8 Å². The van der Waals surface area contributed by atoms with E-state index in [-0.39, 0.29) is 3.10 Å². The Kier molecular flexibility index (Phi) is 7.06. The first-order valence-corrected chi connectivity index (χ1v) is 7.12. The Labute approximate surface area is 121 Å². The van der Waals surface area contributed by atoms with Gasteiger partial charge in [0, 0.05) is 13.1 Å². The first kappa shape index (κ1) is 13.8. The minimum atomic E-state index is -0.307. The van der Waals surface area contributed by atoms with Gasteiger partial charge >= 0.3 is 0 Å². The van der Waals surface area contributed by atoms with Crippen molar-refractivity contribution in [2.45, 2.75) is 3.10 Å². The van der Waals surface area contributed by atoms with Crippen LogP contribution in [0.3, 0.4) is 0 Å². The third-order valence-electron chi connectivity index (χ3n) is 0.910. The summed E-state index contributed by atoms with van der Waals surface area (Å²) < 4.78 is -0.457. The van der Waals surface area contributed by atoms with Gasteiger partial charge in [-0.3, -0.25) is 5.32 Å². The second kappa shape index (κ2) is 5.63. The van der Waals surface area contributed by atoms with Gasteiger partial charge in [-0.15, -0.1) is 0 Å². The van der Waals surface area contributed by atoms with Crippen LogP contribution in [0.4, 0.5) is 0 Å². The van der Waals surface area contributed by atoms with Crippen molar-refractivity contribution >= 4 is 90.4 Å². The van der Waals surface area contributed by atoms with Gasteiger partial charge < -0.3 is 11.5 Å². The Morgan fingerprint density at radius 2 is 1.64 bits per heavy atom. The quantitative estimate of drug-likeness (QED) is 0.259. The lowest BCUT2D eigenvalue weighted by molar-refractivity contribution is 0.640. The predicted octanol–water partition coefficient (Wildman–Crippen LogP) is 1.54. The Balaban J connectivity index is 4.00. The summed E-state index contributed by atoms with van der Waals surface area (Å²) in [5, 5.41) is 3.26. The van der Waals surface area contributed by atoms with Gasteiger partial charge in [0.1, 0.15) is 0 Å². The largest absolute Gasteiger partial charge is 0.329 e. The molecule has 0 radical (unpaired) electrons. The van der Waals surface area contributed by atoms with Crippen LogP contribution in [0.25, 0.3) is 0 Å². The Morgan fingerprint density at radius 3 is 1.91 bits per heavy atom. The molecule has 0 saturated carbocycles. The van der Waals surface area contributed by atoms with E-state index in [0.29, 0.717) is 6.54 Å². The van der Waals surface area contributed by atoms with Gasteiger partial charge in [0.25, 0.3) is 0 Å². The number of nitrogens with two attached hydrogens (primary N) is 2. The van der Waals surface area contributed by atoms with Crippen molar-refractivity contribution in [1.29, 1.82) is 0 Å². The van der Waals surface area contributed by atoms with Crippen LogP contribution in [0.5, 0.6) is 0 Å². The molecular formula is C4H9I4N3. The molecule has 5 N–H and O–H groups in total. The maximum absolute atomic E-state index is 5.91. The molecule has 68 valence electrons. The van der Waals surface area contributed by atoms with E-state index in [2.05, 4.69) is 95.7 Å². The average Bonchev–Trinajstić information content (AvgIpc) is 1.81. The highest BCUT2D eigenvalue weighted by molar-refractivity contribution is 14.2. The number of hydrogen-bond donors (Lipinski definition) is 3. The van der Waals surface area contributed by atoms with Gasteiger partial charge in [0.05, 0.1) is 0 Å². The van der Waals surface area contributed by atoms with Crippen LogP contribution in [0.1, 0.15) is 0 Å². The highest BCUT2D eigenvalue weighted by Crippen LogP contribution is 2.43. The first-order chi connectivity index (χ1) is 4.81. The summed E-state index contributed by atoms with van der Waals surface area (Å²) in [6.45, 7) is 1.42. The van der Waals surface area contributed by atoms with E-state index in [1.165, 1.54) is 0 Å². The molecule has 0 aliphatic rings. The van der Waals surface area contributed by atoms with Gasteiger partial charge in [0.2, 0.25) is 0 Å². The van der Waals surface area contributed by atoms with Crippen molar-refractivity contribution in [3.05, 3.63) is 0 Å².